The fourth-order valence-corrected chi connectivity index (χ4v) is 2.94. The van der Waals surface area contributed by atoms with Crippen LogP contribution in [0.3, 0.4) is 0 Å². The van der Waals surface area contributed by atoms with Crippen LogP contribution in [0.15, 0.2) is 0 Å². The molecule has 1 amide bonds. The van der Waals surface area contributed by atoms with Crippen LogP contribution in [0.2, 0.25) is 0 Å². The van der Waals surface area contributed by atoms with Crippen molar-refractivity contribution in [3.63, 3.8) is 0 Å². The molecule has 1 aliphatic carbocycles. The number of amides is 1. The third-order valence-electron chi connectivity index (χ3n) is 4.17. The van der Waals surface area contributed by atoms with Gasteiger partial charge in [0, 0.05) is 13.0 Å². The molecule has 3 N–H and O–H groups in total. The van der Waals surface area contributed by atoms with Crippen molar-refractivity contribution in [2.24, 2.45) is 11.7 Å². The Morgan fingerprint density at radius 2 is 2.25 bits per heavy atom. The zero-order valence-corrected chi connectivity index (χ0v) is 13.4. The van der Waals surface area contributed by atoms with Crippen LogP contribution in [0.25, 0.3) is 0 Å². The highest BCUT2D eigenvalue weighted by Crippen LogP contribution is 2.30. The lowest BCUT2D eigenvalue weighted by Gasteiger charge is -2.39. The first-order chi connectivity index (χ1) is 9.50. The molecule has 0 aliphatic heterocycles. The summed E-state index contributed by atoms with van der Waals surface area (Å²) in [5, 5.41) is 3.37. The van der Waals surface area contributed by atoms with Crippen LogP contribution in [-0.2, 0) is 9.53 Å². The third kappa shape index (κ3) is 5.41. The highest BCUT2D eigenvalue weighted by atomic mass is 16.5. The Morgan fingerprint density at radius 1 is 1.50 bits per heavy atom. The van der Waals surface area contributed by atoms with Crippen molar-refractivity contribution in [1.82, 2.24) is 5.32 Å². The van der Waals surface area contributed by atoms with Crippen LogP contribution in [0.5, 0.6) is 0 Å². The molecular weight excluding hydrogens is 252 g/mol. The fourth-order valence-electron chi connectivity index (χ4n) is 2.94. The normalized spacial score (nSPS) is 26.9. The van der Waals surface area contributed by atoms with E-state index in [0.29, 0.717) is 0 Å². The molecule has 0 radical (unpaired) electrons. The largest absolute Gasteiger partial charge is 0.378 e. The van der Waals surface area contributed by atoms with Gasteiger partial charge in [-0.15, -0.1) is 0 Å². The van der Waals surface area contributed by atoms with Gasteiger partial charge in [-0.25, -0.2) is 0 Å². The molecule has 2 atom stereocenters. The van der Waals surface area contributed by atoms with Crippen LogP contribution in [0.1, 0.15) is 65.7 Å². The van der Waals surface area contributed by atoms with Gasteiger partial charge in [0.1, 0.15) is 5.54 Å². The number of hydrogen-bond donors (Lipinski definition) is 2. The van der Waals surface area contributed by atoms with Crippen molar-refractivity contribution in [3.05, 3.63) is 0 Å². The molecule has 20 heavy (non-hydrogen) atoms. The Morgan fingerprint density at radius 3 is 2.85 bits per heavy atom. The van der Waals surface area contributed by atoms with E-state index in [9.17, 15) is 4.79 Å². The van der Waals surface area contributed by atoms with Gasteiger partial charge in [-0.2, -0.15) is 0 Å². The average molecular weight is 284 g/mol. The molecule has 4 heteroatoms. The number of primary amides is 1. The number of rotatable bonds is 9. The van der Waals surface area contributed by atoms with E-state index in [0.717, 1.165) is 57.6 Å². The molecule has 1 saturated carbocycles. The van der Waals surface area contributed by atoms with Crippen molar-refractivity contribution >= 4 is 5.91 Å². The van der Waals surface area contributed by atoms with Gasteiger partial charge in [-0.05, 0) is 51.0 Å². The van der Waals surface area contributed by atoms with Crippen molar-refractivity contribution in [1.29, 1.82) is 0 Å². The van der Waals surface area contributed by atoms with Crippen molar-refractivity contribution < 1.29 is 9.53 Å². The molecule has 118 valence electrons. The second-order valence-corrected chi connectivity index (χ2v) is 6.50. The lowest BCUT2D eigenvalue weighted by atomic mass is 9.79. The summed E-state index contributed by atoms with van der Waals surface area (Å²) in [5.74, 6) is 0.502. The molecule has 1 rings (SSSR count). The number of carbonyl (C=O) groups is 1. The van der Waals surface area contributed by atoms with Gasteiger partial charge in [-0.1, -0.05) is 20.8 Å². The van der Waals surface area contributed by atoms with Gasteiger partial charge in [0.05, 0.1) is 6.10 Å². The summed E-state index contributed by atoms with van der Waals surface area (Å²) in [7, 11) is 0. The van der Waals surface area contributed by atoms with E-state index in [2.05, 4.69) is 26.1 Å². The first-order valence-corrected chi connectivity index (χ1v) is 8.16. The molecule has 4 nitrogen and oxygen atoms in total. The van der Waals surface area contributed by atoms with E-state index in [-0.39, 0.29) is 12.0 Å². The monoisotopic (exact) mass is 284 g/mol. The zero-order chi connectivity index (χ0) is 15.0. The first kappa shape index (κ1) is 17.4. The second kappa shape index (κ2) is 8.63. The maximum Gasteiger partial charge on any atom is 0.237 e. The smallest absolute Gasteiger partial charge is 0.237 e. The number of nitrogens with two attached hydrogens (primary N) is 1. The topological polar surface area (TPSA) is 64.3 Å². The van der Waals surface area contributed by atoms with Gasteiger partial charge in [0.15, 0.2) is 0 Å². The Balaban J connectivity index is 2.44. The first-order valence-electron chi connectivity index (χ1n) is 8.16. The van der Waals surface area contributed by atoms with Gasteiger partial charge in [-0.3, -0.25) is 4.79 Å². The molecule has 0 bridgehead atoms. The summed E-state index contributed by atoms with van der Waals surface area (Å²) < 4.78 is 5.97. The molecular formula is C16H32N2O2. The Hall–Kier alpha value is -0.610. The number of hydrogen-bond acceptors (Lipinski definition) is 3. The van der Waals surface area contributed by atoms with E-state index >= 15 is 0 Å². The third-order valence-corrected chi connectivity index (χ3v) is 4.17. The fraction of sp³-hybridized carbons (Fsp3) is 0.938. The minimum absolute atomic E-state index is 0.174. The minimum Gasteiger partial charge on any atom is -0.378 e. The van der Waals surface area contributed by atoms with Gasteiger partial charge >= 0.3 is 0 Å². The number of nitrogens with one attached hydrogen (secondary N) is 1. The summed E-state index contributed by atoms with van der Waals surface area (Å²) in [6.07, 6.45) is 7.10. The van der Waals surface area contributed by atoms with E-state index in [1.165, 1.54) is 6.42 Å². The molecule has 0 saturated heterocycles. The molecule has 0 heterocycles. The lowest BCUT2D eigenvalue weighted by molar-refractivity contribution is -0.128. The van der Waals surface area contributed by atoms with Crippen LogP contribution in [0, 0.1) is 5.92 Å². The van der Waals surface area contributed by atoms with E-state index < -0.39 is 5.54 Å². The van der Waals surface area contributed by atoms with Crippen molar-refractivity contribution in [2.75, 3.05) is 13.2 Å². The van der Waals surface area contributed by atoms with E-state index in [1.54, 1.807) is 0 Å². The standard InChI is InChI=1S/C16H32N2O2/c1-4-10-18-16(15(17)19)9-5-8-14(12-16)20-11-6-7-13(2)3/h13-14,18H,4-12H2,1-3H3,(H2,17,19). The predicted octanol–water partition coefficient (Wildman–Crippen LogP) is 2.61. The molecule has 0 aromatic heterocycles. The summed E-state index contributed by atoms with van der Waals surface area (Å²) in [4.78, 5) is 11.9. The lowest BCUT2D eigenvalue weighted by Crippen LogP contribution is -2.59. The van der Waals surface area contributed by atoms with Crippen LogP contribution in [-0.4, -0.2) is 30.7 Å². The molecule has 0 aromatic carbocycles. The minimum atomic E-state index is -0.545. The Kier molecular flexibility index (Phi) is 7.52. The zero-order valence-electron chi connectivity index (χ0n) is 13.4. The maximum atomic E-state index is 11.9. The molecule has 1 fully saturated rings. The van der Waals surface area contributed by atoms with Gasteiger partial charge < -0.3 is 15.8 Å². The van der Waals surface area contributed by atoms with Gasteiger partial charge in [0.25, 0.3) is 0 Å². The van der Waals surface area contributed by atoms with Gasteiger partial charge in [0.2, 0.25) is 5.91 Å². The van der Waals surface area contributed by atoms with E-state index in [4.69, 9.17) is 10.5 Å². The van der Waals surface area contributed by atoms with Crippen LogP contribution < -0.4 is 11.1 Å². The summed E-state index contributed by atoms with van der Waals surface area (Å²) in [6.45, 7) is 8.19. The average Bonchev–Trinajstić information content (AvgIpc) is 2.41. The van der Waals surface area contributed by atoms with Crippen molar-refractivity contribution in [3.8, 4) is 0 Å². The van der Waals surface area contributed by atoms with Crippen LogP contribution in [0.4, 0.5) is 0 Å². The molecule has 0 aromatic rings. The van der Waals surface area contributed by atoms with Crippen molar-refractivity contribution in [2.45, 2.75) is 77.4 Å². The highest BCUT2D eigenvalue weighted by molar-refractivity contribution is 5.84. The molecule has 0 spiro atoms. The number of carbonyl (C=O) groups excluding carboxylic acids is 1. The number of ether oxygens (including phenoxy) is 1. The molecule has 1 aliphatic rings. The summed E-state index contributed by atoms with van der Waals surface area (Å²) >= 11 is 0. The summed E-state index contributed by atoms with van der Waals surface area (Å²) in [5.41, 5.74) is 5.10. The SMILES string of the molecule is CCCNC1(C(N)=O)CCCC(OCCCC(C)C)C1. The van der Waals surface area contributed by atoms with Crippen LogP contribution >= 0.6 is 0 Å². The highest BCUT2D eigenvalue weighted by Gasteiger charge is 2.41. The summed E-state index contributed by atoms with van der Waals surface area (Å²) in [6, 6.07) is 0. The van der Waals surface area contributed by atoms with E-state index in [1.807, 2.05) is 0 Å². The Bertz CT molecular complexity index is 294. The predicted molar refractivity (Wildman–Crippen MR) is 82.5 cm³/mol. The quantitative estimate of drug-likeness (QED) is 0.640. The second-order valence-electron chi connectivity index (χ2n) is 6.50. The Labute approximate surface area is 123 Å². The maximum absolute atomic E-state index is 11.9. The molecule has 2 unspecified atom stereocenters.